The van der Waals surface area contributed by atoms with E-state index in [0.717, 1.165) is 12.3 Å². The van der Waals surface area contributed by atoms with Gasteiger partial charge in [0, 0.05) is 12.6 Å². The number of carbonyl (C=O) groups is 1. The van der Waals surface area contributed by atoms with Crippen molar-refractivity contribution in [3.8, 4) is 17.2 Å². The van der Waals surface area contributed by atoms with Crippen LogP contribution in [0.3, 0.4) is 0 Å². The standard InChI is InChI=1S/C17H23NO4/c19-17(18-11-13-4-2-1-3-5-13)12-22-14-6-7-15-16(10-14)21-9-8-20-15/h6-7,10,13H,1-5,8-9,11-12H2,(H,18,19). The molecule has 0 spiro atoms. The van der Waals surface area contributed by atoms with Gasteiger partial charge in [0.1, 0.15) is 19.0 Å². The topological polar surface area (TPSA) is 56.8 Å². The SMILES string of the molecule is O=C(COc1ccc2c(c1)OCCO2)NCC1CCCCC1. The van der Waals surface area contributed by atoms with E-state index in [2.05, 4.69) is 5.32 Å². The molecule has 1 aromatic carbocycles. The Morgan fingerprint density at radius 3 is 2.73 bits per heavy atom. The average Bonchev–Trinajstić information content (AvgIpc) is 2.59. The van der Waals surface area contributed by atoms with Crippen molar-refractivity contribution in [1.29, 1.82) is 0 Å². The Morgan fingerprint density at radius 2 is 1.91 bits per heavy atom. The van der Waals surface area contributed by atoms with Crippen molar-refractivity contribution in [2.24, 2.45) is 5.92 Å². The Morgan fingerprint density at radius 1 is 1.14 bits per heavy atom. The van der Waals surface area contributed by atoms with Crippen LogP contribution in [0, 0.1) is 5.92 Å². The van der Waals surface area contributed by atoms with Crippen LogP contribution in [0.25, 0.3) is 0 Å². The molecule has 5 heteroatoms. The third-order valence-electron chi connectivity index (χ3n) is 4.20. The highest BCUT2D eigenvalue weighted by Gasteiger charge is 2.15. The number of amides is 1. The van der Waals surface area contributed by atoms with Crippen LogP contribution in [-0.2, 0) is 4.79 Å². The molecule has 1 fully saturated rings. The molecule has 1 aromatic rings. The van der Waals surface area contributed by atoms with Crippen LogP contribution in [-0.4, -0.2) is 32.3 Å². The first-order valence-corrected chi connectivity index (χ1v) is 8.10. The van der Waals surface area contributed by atoms with Gasteiger partial charge in [0.05, 0.1) is 0 Å². The van der Waals surface area contributed by atoms with Gasteiger partial charge in [0.2, 0.25) is 0 Å². The summed E-state index contributed by atoms with van der Waals surface area (Å²) in [5.41, 5.74) is 0. The Balaban J connectivity index is 1.42. The molecule has 1 saturated carbocycles. The number of rotatable bonds is 5. The number of nitrogens with one attached hydrogen (secondary N) is 1. The van der Waals surface area contributed by atoms with Crippen LogP contribution in [0.2, 0.25) is 0 Å². The number of ether oxygens (including phenoxy) is 3. The van der Waals surface area contributed by atoms with Crippen molar-refractivity contribution in [3.63, 3.8) is 0 Å². The van der Waals surface area contributed by atoms with Gasteiger partial charge in [-0.15, -0.1) is 0 Å². The lowest BCUT2D eigenvalue weighted by atomic mass is 9.89. The highest BCUT2D eigenvalue weighted by atomic mass is 16.6. The Kier molecular flexibility index (Phi) is 5.03. The summed E-state index contributed by atoms with van der Waals surface area (Å²) in [4.78, 5) is 11.9. The fourth-order valence-electron chi connectivity index (χ4n) is 2.96. The van der Waals surface area contributed by atoms with Crippen LogP contribution >= 0.6 is 0 Å². The Bertz CT molecular complexity index is 511. The summed E-state index contributed by atoms with van der Waals surface area (Å²) >= 11 is 0. The van der Waals surface area contributed by atoms with E-state index in [4.69, 9.17) is 14.2 Å². The van der Waals surface area contributed by atoms with Gasteiger partial charge in [0.15, 0.2) is 18.1 Å². The number of fused-ring (bicyclic) bond motifs is 1. The fraction of sp³-hybridized carbons (Fsp3) is 0.588. The third kappa shape index (κ3) is 4.06. The summed E-state index contributed by atoms with van der Waals surface area (Å²) < 4.78 is 16.5. The molecule has 1 N–H and O–H groups in total. The molecule has 0 saturated heterocycles. The first kappa shape index (κ1) is 15.0. The Labute approximate surface area is 130 Å². The van der Waals surface area contributed by atoms with Gasteiger partial charge in [0.25, 0.3) is 5.91 Å². The van der Waals surface area contributed by atoms with Crippen molar-refractivity contribution in [1.82, 2.24) is 5.32 Å². The summed E-state index contributed by atoms with van der Waals surface area (Å²) in [6.45, 7) is 1.91. The lowest BCUT2D eigenvalue weighted by Gasteiger charge is -2.21. The van der Waals surface area contributed by atoms with E-state index in [-0.39, 0.29) is 12.5 Å². The lowest BCUT2D eigenvalue weighted by molar-refractivity contribution is -0.123. The molecule has 0 atom stereocenters. The smallest absolute Gasteiger partial charge is 0.257 e. The maximum absolute atomic E-state index is 11.9. The van der Waals surface area contributed by atoms with Gasteiger partial charge in [-0.25, -0.2) is 0 Å². The minimum absolute atomic E-state index is 0.0341. The van der Waals surface area contributed by atoms with Crippen LogP contribution in [0.1, 0.15) is 32.1 Å². The summed E-state index contributed by atoms with van der Waals surface area (Å²) in [7, 11) is 0. The number of carbonyl (C=O) groups excluding carboxylic acids is 1. The molecule has 2 aliphatic rings. The van der Waals surface area contributed by atoms with Gasteiger partial charge in [-0.1, -0.05) is 19.3 Å². The monoisotopic (exact) mass is 305 g/mol. The normalized spacial score (nSPS) is 17.8. The van der Waals surface area contributed by atoms with Gasteiger partial charge in [-0.3, -0.25) is 4.79 Å². The number of benzene rings is 1. The van der Waals surface area contributed by atoms with Gasteiger partial charge < -0.3 is 19.5 Å². The average molecular weight is 305 g/mol. The van der Waals surface area contributed by atoms with E-state index < -0.39 is 0 Å². The summed E-state index contributed by atoms with van der Waals surface area (Å²) in [6, 6.07) is 5.37. The predicted molar refractivity (Wildman–Crippen MR) is 82.5 cm³/mol. The van der Waals surface area contributed by atoms with E-state index in [9.17, 15) is 4.79 Å². The molecule has 1 aliphatic heterocycles. The first-order chi connectivity index (χ1) is 10.8. The van der Waals surface area contributed by atoms with E-state index >= 15 is 0 Å². The molecule has 120 valence electrons. The molecule has 5 nitrogen and oxygen atoms in total. The zero-order valence-electron chi connectivity index (χ0n) is 12.8. The van der Waals surface area contributed by atoms with Gasteiger partial charge in [-0.2, -0.15) is 0 Å². The molecule has 3 rings (SSSR count). The molecule has 0 aromatic heterocycles. The van der Waals surface area contributed by atoms with Crippen LogP contribution in [0.4, 0.5) is 0 Å². The molecule has 22 heavy (non-hydrogen) atoms. The second-order valence-electron chi connectivity index (χ2n) is 5.90. The molecule has 0 unspecified atom stereocenters. The van der Waals surface area contributed by atoms with Crippen molar-refractivity contribution >= 4 is 5.91 Å². The van der Waals surface area contributed by atoms with Crippen molar-refractivity contribution in [2.45, 2.75) is 32.1 Å². The largest absolute Gasteiger partial charge is 0.486 e. The lowest BCUT2D eigenvalue weighted by Crippen LogP contribution is -2.33. The maximum atomic E-state index is 11.9. The summed E-state index contributed by atoms with van der Waals surface area (Å²) in [6.07, 6.45) is 6.35. The summed E-state index contributed by atoms with van der Waals surface area (Å²) in [5.74, 6) is 2.58. The maximum Gasteiger partial charge on any atom is 0.257 e. The van der Waals surface area contributed by atoms with E-state index in [1.165, 1.54) is 32.1 Å². The molecule has 1 aliphatic carbocycles. The van der Waals surface area contributed by atoms with Crippen LogP contribution in [0.5, 0.6) is 17.2 Å². The first-order valence-electron chi connectivity index (χ1n) is 8.10. The van der Waals surface area contributed by atoms with Gasteiger partial charge in [-0.05, 0) is 30.9 Å². The Hall–Kier alpha value is -1.91. The van der Waals surface area contributed by atoms with E-state index in [0.29, 0.717) is 30.6 Å². The number of hydrogen-bond donors (Lipinski definition) is 1. The minimum Gasteiger partial charge on any atom is -0.486 e. The molecule has 1 heterocycles. The fourth-order valence-corrected chi connectivity index (χ4v) is 2.96. The zero-order chi connectivity index (χ0) is 15.2. The van der Waals surface area contributed by atoms with E-state index in [1.54, 1.807) is 12.1 Å². The van der Waals surface area contributed by atoms with Crippen molar-refractivity contribution in [2.75, 3.05) is 26.4 Å². The second-order valence-corrected chi connectivity index (χ2v) is 5.90. The molecule has 0 radical (unpaired) electrons. The summed E-state index contributed by atoms with van der Waals surface area (Å²) in [5, 5.41) is 2.97. The zero-order valence-corrected chi connectivity index (χ0v) is 12.8. The minimum atomic E-state index is -0.0690. The van der Waals surface area contributed by atoms with Crippen LogP contribution in [0.15, 0.2) is 18.2 Å². The van der Waals surface area contributed by atoms with Gasteiger partial charge >= 0.3 is 0 Å². The van der Waals surface area contributed by atoms with Crippen LogP contribution < -0.4 is 19.5 Å². The van der Waals surface area contributed by atoms with Crippen molar-refractivity contribution in [3.05, 3.63) is 18.2 Å². The highest BCUT2D eigenvalue weighted by molar-refractivity contribution is 5.77. The predicted octanol–water partition coefficient (Wildman–Crippen LogP) is 2.53. The third-order valence-corrected chi connectivity index (χ3v) is 4.20. The number of hydrogen-bond acceptors (Lipinski definition) is 4. The molecule has 0 bridgehead atoms. The quantitative estimate of drug-likeness (QED) is 0.908. The molecular formula is C17H23NO4. The molecular weight excluding hydrogens is 282 g/mol. The molecule has 1 amide bonds. The van der Waals surface area contributed by atoms with Crippen molar-refractivity contribution < 1.29 is 19.0 Å². The highest BCUT2D eigenvalue weighted by Crippen LogP contribution is 2.33. The second kappa shape index (κ2) is 7.38. The van der Waals surface area contributed by atoms with E-state index in [1.807, 2.05) is 6.07 Å².